The minimum Gasteiger partial charge on any atom is -0.457 e. The first-order valence-corrected chi connectivity index (χ1v) is 10.1. The molecule has 4 nitrogen and oxygen atoms in total. The topological polar surface area (TPSA) is 32.8 Å². The molecule has 3 aromatic carbocycles. The van der Waals surface area contributed by atoms with Gasteiger partial charge in [0, 0.05) is 37.4 Å². The standard InChI is InChI=1S/C25H26N2O2/c1-19-8-6-13-24(20(19)2)26-14-16-27(17-15-26)25(28)21-9-7-12-23(18-21)29-22-10-4-3-5-11-22/h3-13,18H,14-17H2,1-2H3. The third-order valence-electron chi connectivity index (χ3n) is 5.54. The van der Waals surface area contributed by atoms with Gasteiger partial charge in [-0.1, -0.05) is 36.4 Å². The van der Waals surface area contributed by atoms with Gasteiger partial charge in [0.1, 0.15) is 11.5 Å². The van der Waals surface area contributed by atoms with Crippen molar-refractivity contribution in [3.05, 3.63) is 89.5 Å². The third kappa shape index (κ3) is 4.27. The number of ether oxygens (including phenoxy) is 1. The highest BCUT2D eigenvalue weighted by Gasteiger charge is 2.23. The van der Waals surface area contributed by atoms with Crippen LogP contribution in [-0.4, -0.2) is 37.0 Å². The zero-order valence-corrected chi connectivity index (χ0v) is 17.0. The summed E-state index contributed by atoms with van der Waals surface area (Å²) in [6.07, 6.45) is 0. The summed E-state index contributed by atoms with van der Waals surface area (Å²) in [5.41, 5.74) is 4.56. The Morgan fingerprint density at radius 1 is 0.793 bits per heavy atom. The molecule has 1 heterocycles. The Bertz CT molecular complexity index is 993. The molecule has 1 saturated heterocycles. The molecule has 4 rings (SSSR count). The van der Waals surface area contributed by atoms with Gasteiger partial charge in [-0.25, -0.2) is 0 Å². The number of amides is 1. The van der Waals surface area contributed by atoms with Crippen molar-refractivity contribution in [3.8, 4) is 11.5 Å². The number of hydrogen-bond acceptors (Lipinski definition) is 3. The second-order valence-electron chi connectivity index (χ2n) is 7.44. The van der Waals surface area contributed by atoms with E-state index in [2.05, 4.69) is 36.9 Å². The van der Waals surface area contributed by atoms with Gasteiger partial charge in [-0.05, 0) is 61.4 Å². The average molecular weight is 386 g/mol. The van der Waals surface area contributed by atoms with Gasteiger partial charge in [0.05, 0.1) is 0 Å². The van der Waals surface area contributed by atoms with Crippen LogP contribution in [0.5, 0.6) is 11.5 Å². The summed E-state index contributed by atoms with van der Waals surface area (Å²) in [6.45, 7) is 7.43. The zero-order valence-electron chi connectivity index (χ0n) is 17.0. The maximum Gasteiger partial charge on any atom is 0.254 e. The summed E-state index contributed by atoms with van der Waals surface area (Å²) >= 11 is 0. The molecule has 29 heavy (non-hydrogen) atoms. The van der Waals surface area contributed by atoms with E-state index in [9.17, 15) is 4.79 Å². The number of piperazine rings is 1. The van der Waals surface area contributed by atoms with Crippen molar-refractivity contribution in [1.82, 2.24) is 4.90 Å². The van der Waals surface area contributed by atoms with Crippen LogP contribution in [0.3, 0.4) is 0 Å². The normalized spacial score (nSPS) is 14.0. The molecule has 0 bridgehead atoms. The molecule has 4 heteroatoms. The Hall–Kier alpha value is -3.27. The van der Waals surface area contributed by atoms with Gasteiger partial charge < -0.3 is 14.5 Å². The number of hydrogen-bond donors (Lipinski definition) is 0. The van der Waals surface area contributed by atoms with E-state index < -0.39 is 0 Å². The minimum absolute atomic E-state index is 0.0594. The van der Waals surface area contributed by atoms with Gasteiger partial charge in [-0.15, -0.1) is 0 Å². The molecule has 0 aliphatic carbocycles. The van der Waals surface area contributed by atoms with Gasteiger partial charge in [-0.3, -0.25) is 4.79 Å². The van der Waals surface area contributed by atoms with Crippen LogP contribution in [0.1, 0.15) is 21.5 Å². The van der Waals surface area contributed by atoms with Gasteiger partial charge in [0.15, 0.2) is 0 Å². The number of rotatable bonds is 4. The Labute approximate surface area is 172 Å². The maximum absolute atomic E-state index is 13.0. The molecule has 148 valence electrons. The van der Waals surface area contributed by atoms with Crippen LogP contribution in [0.25, 0.3) is 0 Å². The fourth-order valence-electron chi connectivity index (χ4n) is 3.73. The molecule has 0 unspecified atom stereocenters. The van der Waals surface area contributed by atoms with E-state index in [1.165, 1.54) is 16.8 Å². The molecule has 0 aromatic heterocycles. The van der Waals surface area contributed by atoms with Crippen LogP contribution >= 0.6 is 0 Å². The van der Waals surface area contributed by atoms with E-state index in [1.807, 2.05) is 59.5 Å². The molecule has 0 N–H and O–H groups in total. The number of anilines is 1. The lowest BCUT2D eigenvalue weighted by Gasteiger charge is -2.37. The van der Waals surface area contributed by atoms with Crippen molar-refractivity contribution in [3.63, 3.8) is 0 Å². The van der Waals surface area contributed by atoms with Crippen molar-refractivity contribution >= 4 is 11.6 Å². The largest absolute Gasteiger partial charge is 0.457 e. The highest BCUT2D eigenvalue weighted by molar-refractivity contribution is 5.94. The Morgan fingerprint density at radius 3 is 2.24 bits per heavy atom. The van der Waals surface area contributed by atoms with Crippen molar-refractivity contribution in [1.29, 1.82) is 0 Å². The van der Waals surface area contributed by atoms with E-state index in [1.54, 1.807) is 0 Å². The van der Waals surface area contributed by atoms with Gasteiger partial charge in [-0.2, -0.15) is 0 Å². The van der Waals surface area contributed by atoms with Crippen LogP contribution in [-0.2, 0) is 0 Å². The molecule has 3 aromatic rings. The van der Waals surface area contributed by atoms with Crippen LogP contribution in [0, 0.1) is 13.8 Å². The summed E-state index contributed by atoms with van der Waals surface area (Å²) in [4.78, 5) is 17.3. The summed E-state index contributed by atoms with van der Waals surface area (Å²) < 4.78 is 5.88. The summed E-state index contributed by atoms with van der Waals surface area (Å²) in [7, 11) is 0. The molecular weight excluding hydrogens is 360 g/mol. The number of benzene rings is 3. The van der Waals surface area contributed by atoms with Crippen LogP contribution in [0.2, 0.25) is 0 Å². The molecule has 1 aliphatic rings. The Balaban J connectivity index is 1.42. The second-order valence-corrected chi connectivity index (χ2v) is 7.44. The Morgan fingerprint density at radius 2 is 1.48 bits per heavy atom. The monoisotopic (exact) mass is 386 g/mol. The van der Waals surface area contributed by atoms with Crippen LogP contribution < -0.4 is 9.64 Å². The molecule has 1 amide bonds. The number of para-hydroxylation sites is 1. The lowest BCUT2D eigenvalue weighted by Crippen LogP contribution is -2.49. The lowest BCUT2D eigenvalue weighted by atomic mass is 10.1. The van der Waals surface area contributed by atoms with E-state index >= 15 is 0 Å². The summed E-state index contributed by atoms with van der Waals surface area (Å²) in [5, 5.41) is 0. The number of carbonyl (C=O) groups is 1. The van der Waals surface area contributed by atoms with Gasteiger partial charge in [0.2, 0.25) is 0 Å². The van der Waals surface area contributed by atoms with Crippen molar-refractivity contribution in [2.24, 2.45) is 0 Å². The first kappa shape index (κ1) is 19.1. The van der Waals surface area contributed by atoms with E-state index in [0.29, 0.717) is 11.3 Å². The zero-order chi connectivity index (χ0) is 20.2. The van der Waals surface area contributed by atoms with Crippen LogP contribution in [0.4, 0.5) is 5.69 Å². The van der Waals surface area contributed by atoms with Gasteiger partial charge in [0.25, 0.3) is 5.91 Å². The second kappa shape index (κ2) is 8.39. The smallest absolute Gasteiger partial charge is 0.254 e. The first-order valence-electron chi connectivity index (χ1n) is 10.1. The molecule has 1 aliphatic heterocycles. The molecule has 0 radical (unpaired) electrons. The maximum atomic E-state index is 13.0. The van der Waals surface area contributed by atoms with E-state index in [-0.39, 0.29) is 5.91 Å². The molecule has 0 atom stereocenters. The van der Waals surface area contributed by atoms with Crippen molar-refractivity contribution in [2.45, 2.75) is 13.8 Å². The highest BCUT2D eigenvalue weighted by Crippen LogP contribution is 2.25. The Kier molecular flexibility index (Phi) is 5.52. The quantitative estimate of drug-likeness (QED) is 0.628. The minimum atomic E-state index is 0.0594. The predicted molar refractivity (Wildman–Crippen MR) is 117 cm³/mol. The van der Waals surface area contributed by atoms with E-state index in [0.717, 1.165) is 31.9 Å². The van der Waals surface area contributed by atoms with Gasteiger partial charge >= 0.3 is 0 Å². The fourth-order valence-corrected chi connectivity index (χ4v) is 3.73. The van der Waals surface area contributed by atoms with Crippen molar-refractivity contribution in [2.75, 3.05) is 31.1 Å². The summed E-state index contributed by atoms with van der Waals surface area (Å²) in [5.74, 6) is 1.50. The molecule has 0 saturated carbocycles. The van der Waals surface area contributed by atoms with Crippen molar-refractivity contribution < 1.29 is 9.53 Å². The molecule has 0 spiro atoms. The number of nitrogens with zero attached hydrogens (tertiary/aromatic N) is 2. The summed E-state index contributed by atoms with van der Waals surface area (Å²) in [6, 6.07) is 23.5. The lowest BCUT2D eigenvalue weighted by molar-refractivity contribution is 0.0746. The number of aryl methyl sites for hydroxylation is 1. The molecular formula is C25H26N2O2. The average Bonchev–Trinajstić information content (AvgIpc) is 2.76. The first-order chi connectivity index (χ1) is 14.1. The number of carbonyl (C=O) groups excluding carboxylic acids is 1. The van der Waals surface area contributed by atoms with E-state index in [4.69, 9.17) is 4.74 Å². The van der Waals surface area contributed by atoms with Crippen LogP contribution in [0.15, 0.2) is 72.8 Å². The highest BCUT2D eigenvalue weighted by atomic mass is 16.5. The molecule has 1 fully saturated rings. The third-order valence-corrected chi connectivity index (χ3v) is 5.54. The fraction of sp³-hybridized carbons (Fsp3) is 0.240. The SMILES string of the molecule is Cc1cccc(N2CCN(C(=O)c3cccc(Oc4ccccc4)c3)CC2)c1C. The predicted octanol–water partition coefficient (Wildman–Crippen LogP) is 5.06.